The molecule has 132 valence electrons. The number of aromatic nitrogens is 2. The van der Waals surface area contributed by atoms with Crippen LogP contribution in [-0.4, -0.2) is 53.7 Å². The Bertz CT molecular complexity index is 795. The monoisotopic (exact) mass is 359 g/mol. The van der Waals surface area contributed by atoms with Gasteiger partial charge in [-0.05, 0) is 24.6 Å². The number of benzene rings is 1. The number of nitrogens with one attached hydrogen (secondary N) is 2. The van der Waals surface area contributed by atoms with Gasteiger partial charge in [0.1, 0.15) is 0 Å². The summed E-state index contributed by atoms with van der Waals surface area (Å²) in [6, 6.07) is 5.96. The SMILES string of the molecule is Cc1ccc(Cl)cc1N1CCN(C(=O)c2n[nH]c3c2CNCC3)CC1. The number of rotatable bonds is 2. The predicted molar refractivity (Wildman–Crippen MR) is 98.3 cm³/mol. The first kappa shape index (κ1) is 16.4. The first-order chi connectivity index (χ1) is 12.1. The van der Waals surface area contributed by atoms with Gasteiger partial charge in [0.25, 0.3) is 5.91 Å². The second kappa shape index (κ2) is 6.69. The number of fused-ring (bicyclic) bond motifs is 1. The molecule has 0 aliphatic carbocycles. The molecule has 0 spiro atoms. The molecule has 0 saturated carbocycles. The topological polar surface area (TPSA) is 64.3 Å². The lowest BCUT2D eigenvalue weighted by atomic mass is 10.1. The summed E-state index contributed by atoms with van der Waals surface area (Å²) in [5, 5.41) is 11.4. The molecule has 1 amide bonds. The minimum absolute atomic E-state index is 0.0312. The molecule has 2 aliphatic rings. The van der Waals surface area contributed by atoms with Crippen molar-refractivity contribution in [3.8, 4) is 0 Å². The van der Waals surface area contributed by atoms with Crippen LogP contribution in [0.5, 0.6) is 0 Å². The van der Waals surface area contributed by atoms with Gasteiger partial charge in [-0.1, -0.05) is 17.7 Å². The number of aromatic amines is 1. The molecule has 7 heteroatoms. The molecule has 2 aromatic rings. The highest BCUT2D eigenvalue weighted by molar-refractivity contribution is 6.30. The molecule has 1 fully saturated rings. The third kappa shape index (κ3) is 3.12. The van der Waals surface area contributed by atoms with Crippen LogP contribution in [0.4, 0.5) is 5.69 Å². The highest BCUT2D eigenvalue weighted by Crippen LogP contribution is 2.26. The Labute approximate surface area is 152 Å². The van der Waals surface area contributed by atoms with E-state index in [0.29, 0.717) is 25.3 Å². The van der Waals surface area contributed by atoms with E-state index in [1.54, 1.807) is 0 Å². The molecular weight excluding hydrogens is 338 g/mol. The fraction of sp³-hybridized carbons (Fsp3) is 0.444. The largest absolute Gasteiger partial charge is 0.368 e. The van der Waals surface area contributed by atoms with Crippen LogP contribution in [0.3, 0.4) is 0 Å². The van der Waals surface area contributed by atoms with Crippen molar-refractivity contribution in [2.24, 2.45) is 0 Å². The zero-order valence-electron chi connectivity index (χ0n) is 14.3. The van der Waals surface area contributed by atoms with Crippen molar-refractivity contribution >= 4 is 23.2 Å². The van der Waals surface area contributed by atoms with E-state index in [0.717, 1.165) is 48.0 Å². The average Bonchev–Trinajstić information content (AvgIpc) is 3.07. The Balaban J connectivity index is 1.46. The van der Waals surface area contributed by atoms with Gasteiger partial charge in [0.05, 0.1) is 0 Å². The van der Waals surface area contributed by atoms with Gasteiger partial charge in [0, 0.05) is 67.7 Å². The summed E-state index contributed by atoms with van der Waals surface area (Å²) in [6.07, 6.45) is 0.900. The predicted octanol–water partition coefficient (Wildman–Crippen LogP) is 1.98. The molecule has 6 nitrogen and oxygen atoms in total. The second-order valence-electron chi connectivity index (χ2n) is 6.67. The van der Waals surface area contributed by atoms with Gasteiger partial charge in [-0.3, -0.25) is 9.89 Å². The van der Waals surface area contributed by atoms with E-state index in [1.165, 1.54) is 5.56 Å². The van der Waals surface area contributed by atoms with Gasteiger partial charge in [0.2, 0.25) is 0 Å². The smallest absolute Gasteiger partial charge is 0.274 e. The van der Waals surface area contributed by atoms with E-state index in [4.69, 9.17) is 11.6 Å². The van der Waals surface area contributed by atoms with Gasteiger partial charge in [0.15, 0.2) is 5.69 Å². The summed E-state index contributed by atoms with van der Waals surface area (Å²) >= 11 is 6.14. The van der Waals surface area contributed by atoms with Crippen molar-refractivity contribution in [3.05, 3.63) is 45.7 Å². The summed E-state index contributed by atoms with van der Waals surface area (Å²) in [7, 11) is 0. The van der Waals surface area contributed by atoms with Crippen LogP contribution >= 0.6 is 11.6 Å². The van der Waals surface area contributed by atoms with Crippen molar-refractivity contribution in [1.82, 2.24) is 20.4 Å². The highest BCUT2D eigenvalue weighted by Gasteiger charge is 2.28. The number of carbonyl (C=O) groups excluding carboxylic acids is 1. The van der Waals surface area contributed by atoms with Gasteiger partial charge < -0.3 is 15.1 Å². The number of carbonyl (C=O) groups is 1. The van der Waals surface area contributed by atoms with Gasteiger partial charge in [-0.25, -0.2) is 0 Å². The second-order valence-corrected chi connectivity index (χ2v) is 7.10. The summed E-state index contributed by atoms with van der Waals surface area (Å²) in [5.41, 5.74) is 5.06. The third-order valence-electron chi connectivity index (χ3n) is 5.09. The molecular formula is C18H22ClN5O. The summed E-state index contributed by atoms with van der Waals surface area (Å²) in [5.74, 6) is 0.0312. The molecule has 0 radical (unpaired) electrons. The molecule has 0 bridgehead atoms. The van der Waals surface area contributed by atoms with E-state index in [-0.39, 0.29) is 5.91 Å². The zero-order valence-corrected chi connectivity index (χ0v) is 15.1. The molecule has 2 N–H and O–H groups in total. The van der Waals surface area contributed by atoms with Crippen LogP contribution in [0.2, 0.25) is 5.02 Å². The number of hydrogen-bond acceptors (Lipinski definition) is 4. The van der Waals surface area contributed by atoms with Crippen molar-refractivity contribution in [1.29, 1.82) is 0 Å². The van der Waals surface area contributed by atoms with E-state index < -0.39 is 0 Å². The Morgan fingerprint density at radius 3 is 2.84 bits per heavy atom. The fourth-order valence-corrected chi connectivity index (χ4v) is 3.79. The molecule has 0 unspecified atom stereocenters. The number of amides is 1. The molecule has 4 rings (SSSR count). The van der Waals surface area contributed by atoms with Crippen molar-refractivity contribution < 1.29 is 4.79 Å². The number of anilines is 1. The van der Waals surface area contributed by atoms with Crippen molar-refractivity contribution in [2.45, 2.75) is 19.9 Å². The lowest BCUT2D eigenvalue weighted by Gasteiger charge is -2.36. The minimum Gasteiger partial charge on any atom is -0.368 e. The van der Waals surface area contributed by atoms with Crippen LogP contribution < -0.4 is 10.2 Å². The Morgan fingerprint density at radius 2 is 2.04 bits per heavy atom. The highest BCUT2D eigenvalue weighted by atomic mass is 35.5. The maximum absolute atomic E-state index is 12.9. The molecule has 1 aromatic heterocycles. The molecule has 1 saturated heterocycles. The quantitative estimate of drug-likeness (QED) is 0.860. The summed E-state index contributed by atoms with van der Waals surface area (Å²) in [6.45, 7) is 6.73. The van der Waals surface area contributed by atoms with Gasteiger partial charge in [-0.2, -0.15) is 5.10 Å². The van der Waals surface area contributed by atoms with Gasteiger partial charge >= 0.3 is 0 Å². The van der Waals surface area contributed by atoms with E-state index >= 15 is 0 Å². The molecule has 2 aliphatic heterocycles. The maximum Gasteiger partial charge on any atom is 0.274 e. The minimum atomic E-state index is 0.0312. The van der Waals surface area contributed by atoms with Crippen LogP contribution in [0.1, 0.15) is 27.3 Å². The number of halogens is 1. The van der Waals surface area contributed by atoms with Crippen LogP contribution in [0, 0.1) is 6.92 Å². The number of piperazine rings is 1. The molecule has 1 aromatic carbocycles. The zero-order chi connectivity index (χ0) is 17.4. The van der Waals surface area contributed by atoms with Crippen LogP contribution in [0.15, 0.2) is 18.2 Å². The van der Waals surface area contributed by atoms with E-state index in [2.05, 4.69) is 27.3 Å². The number of nitrogens with zero attached hydrogens (tertiary/aromatic N) is 3. The molecule has 25 heavy (non-hydrogen) atoms. The standard InChI is InChI=1S/C18H22ClN5O/c1-12-2-3-13(19)10-16(12)23-6-8-24(9-7-23)18(25)17-14-11-20-5-4-15(14)21-22-17/h2-3,10,20H,4-9,11H2,1H3,(H,21,22). The average molecular weight is 360 g/mol. The molecule has 0 atom stereocenters. The Morgan fingerprint density at radius 1 is 1.24 bits per heavy atom. The number of aryl methyl sites for hydroxylation is 1. The van der Waals surface area contributed by atoms with Crippen LogP contribution in [-0.2, 0) is 13.0 Å². The van der Waals surface area contributed by atoms with Crippen molar-refractivity contribution in [2.75, 3.05) is 37.6 Å². The molecule has 3 heterocycles. The Hall–Kier alpha value is -2.05. The summed E-state index contributed by atoms with van der Waals surface area (Å²) in [4.78, 5) is 17.1. The first-order valence-corrected chi connectivity index (χ1v) is 9.08. The van der Waals surface area contributed by atoms with E-state index in [1.807, 2.05) is 23.1 Å². The third-order valence-corrected chi connectivity index (χ3v) is 5.32. The lowest BCUT2D eigenvalue weighted by molar-refractivity contribution is 0.0739. The fourth-order valence-electron chi connectivity index (χ4n) is 3.63. The maximum atomic E-state index is 12.9. The first-order valence-electron chi connectivity index (χ1n) is 8.70. The lowest BCUT2D eigenvalue weighted by Crippen LogP contribution is -2.49. The van der Waals surface area contributed by atoms with Gasteiger partial charge in [-0.15, -0.1) is 0 Å². The Kier molecular flexibility index (Phi) is 4.39. The number of hydrogen-bond donors (Lipinski definition) is 2. The van der Waals surface area contributed by atoms with Crippen molar-refractivity contribution in [3.63, 3.8) is 0 Å². The normalized spacial score (nSPS) is 17.5. The summed E-state index contributed by atoms with van der Waals surface area (Å²) < 4.78 is 0. The van der Waals surface area contributed by atoms with Crippen LogP contribution in [0.25, 0.3) is 0 Å². The number of H-pyrrole nitrogens is 1. The van der Waals surface area contributed by atoms with E-state index in [9.17, 15) is 4.79 Å².